The second-order valence-electron chi connectivity index (χ2n) is 8.98. The third-order valence-electron chi connectivity index (χ3n) is 6.33. The summed E-state index contributed by atoms with van der Waals surface area (Å²) in [6, 6.07) is 10.8. The number of aliphatic hydroxyl groups excluding tert-OH is 1. The fraction of sp³-hybridized carbons (Fsp3) is 0.269. The van der Waals surface area contributed by atoms with Gasteiger partial charge in [0.25, 0.3) is 0 Å². The Hall–Kier alpha value is -4.03. The molecule has 4 heterocycles. The van der Waals surface area contributed by atoms with E-state index in [2.05, 4.69) is 36.2 Å². The van der Waals surface area contributed by atoms with Gasteiger partial charge in [0, 0.05) is 31.0 Å². The van der Waals surface area contributed by atoms with Crippen molar-refractivity contribution in [1.82, 2.24) is 24.8 Å². The Labute approximate surface area is 227 Å². The van der Waals surface area contributed by atoms with Crippen molar-refractivity contribution in [2.24, 2.45) is 0 Å². The van der Waals surface area contributed by atoms with E-state index in [9.17, 15) is 15.0 Å². The minimum Gasteiger partial charge on any atom is -0.465 e. The molecule has 1 aliphatic rings. The number of amides is 1. The number of carbonyl (C=O) groups is 1. The van der Waals surface area contributed by atoms with Crippen molar-refractivity contribution in [1.29, 1.82) is 0 Å². The summed E-state index contributed by atoms with van der Waals surface area (Å²) in [6.07, 6.45) is 2.12. The highest BCUT2D eigenvalue weighted by Gasteiger charge is 2.31. The van der Waals surface area contributed by atoms with Crippen molar-refractivity contribution < 1.29 is 19.7 Å². The number of hydrogen-bond donors (Lipinski definition) is 3. The number of piperazine rings is 1. The molecule has 1 saturated heterocycles. The number of carboxylic acid groups (broad SMARTS) is 1. The molecule has 4 aromatic rings. The second-order valence-corrected chi connectivity index (χ2v) is 9.84. The van der Waals surface area contributed by atoms with E-state index in [0.717, 1.165) is 27.2 Å². The maximum Gasteiger partial charge on any atom is 0.407 e. The Morgan fingerprint density at radius 2 is 2.00 bits per heavy atom. The van der Waals surface area contributed by atoms with Crippen LogP contribution in [0.2, 0.25) is 0 Å². The van der Waals surface area contributed by atoms with E-state index in [1.165, 1.54) is 11.2 Å². The average Bonchev–Trinajstić information content (AvgIpc) is 2.90. The van der Waals surface area contributed by atoms with E-state index < -0.39 is 12.1 Å². The standard InChI is InChI=1S/C26H26BrN7O4/c1-15-9-17(4-6-22(15)38-19-5-3-16(2)28-11-19)31-24-23-21(29-14-30-24)10-20(27)25(32-23)33-7-8-34(26(36)37)18(12-33)13-35/h3-6,9-11,14,18,35H,7-8,12-13H2,1-2H3,(H,36,37)(H,29,30,31)/t18-/m0/s1. The van der Waals surface area contributed by atoms with Gasteiger partial charge in [0.2, 0.25) is 0 Å². The molecule has 5 rings (SSSR count). The Balaban J connectivity index is 1.40. The van der Waals surface area contributed by atoms with Crippen LogP contribution in [0.1, 0.15) is 11.3 Å². The predicted molar refractivity (Wildman–Crippen MR) is 146 cm³/mol. The molecule has 1 aliphatic heterocycles. The van der Waals surface area contributed by atoms with Crippen molar-refractivity contribution in [3.63, 3.8) is 0 Å². The van der Waals surface area contributed by atoms with Gasteiger partial charge >= 0.3 is 6.09 Å². The molecule has 3 N–H and O–H groups in total. The monoisotopic (exact) mass is 579 g/mol. The van der Waals surface area contributed by atoms with Crippen molar-refractivity contribution in [2.75, 3.05) is 36.5 Å². The number of anilines is 3. The number of aliphatic hydroxyl groups is 1. The number of pyridine rings is 2. The molecular weight excluding hydrogens is 554 g/mol. The van der Waals surface area contributed by atoms with E-state index in [1.807, 2.05) is 55.1 Å². The summed E-state index contributed by atoms with van der Waals surface area (Å²) in [7, 11) is 0. The SMILES string of the molecule is Cc1ccc(Oc2ccc(Nc3ncnc4cc(Br)c(N5CCN(C(=O)O)[C@H](CO)C5)nc34)cc2C)cn1. The lowest BCUT2D eigenvalue weighted by atomic mass is 10.2. The highest BCUT2D eigenvalue weighted by molar-refractivity contribution is 9.10. The Kier molecular flexibility index (Phi) is 7.25. The zero-order valence-corrected chi connectivity index (χ0v) is 22.4. The number of hydrogen-bond acceptors (Lipinski definition) is 9. The van der Waals surface area contributed by atoms with Crippen LogP contribution >= 0.6 is 15.9 Å². The predicted octanol–water partition coefficient (Wildman–Crippen LogP) is 4.50. The van der Waals surface area contributed by atoms with Gasteiger partial charge in [0.05, 0.1) is 28.8 Å². The van der Waals surface area contributed by atoms with Gasteiger partial charge in [0.1, 0.15) is 29.2 Å². The average molecular weight is 580 g/mol. The topological polar surface area (TPSA) is 137 Å². The summed E-state index contributed by atoms with van der Waals surface area (Å²) in [5.74, 6) is 2.54. The number of ether oxygens (including phenoxy) is 1. The van der Waals surface area contributed by atoms with E-state index >= 15 is 0 Å². The number of nitrogens with one attached hydrogen (secondary N) is 1. The molecule has 0 saturated carbocycles. The first-order valence-electron chi connectivity index (χ1n) is 12.0. The molecule has 1 amide bonds. The lowest BCUT2D eigenvalue weighted by Gasteiger charge is -2.40. The first kappa shape index (κ1) is 25.6. The number of aromatic nitrogens is 4. The number of benzene rings is 1. The molecule has 3 aromatic heterocycles. The van der Waals surface area contributed by atoms with Crippen LogP contribution < -0.4 is 15.0 Å². The van der Waals surface area contributed by atoms with Crippen LogP contribution in [-0.4, -0.2) is 73.4 Å². The third kappa shape index (κ3) is 5.31. The molecule has 12 heteroatoms. The number of halogens is 1. The fourth-order valence-corrected chi connectivity index (χ4v) is 4.90. The number of rotatable bonds is 6. The lowest BCUT2D eigenvalue weighted by molar-refractivity contribution is 0.0909. The highest BCUT2D eigenvalue weighted by atomic mass is 79.9. The maximum atomic E-state index is 11.5. The zero-order chi connectivity index (χ0) is 26.8. The molecule has 1 fully saturated rings. The molecular formula is C26H26BrN7O4. The van der Waals surface area contributed by atoms with Crippen LogP contribution in [0.4, 0.5) is 22.1 Å². The van der Waals surface area contributed by atoms with E-state index in [1.54, 1.807) is 6.20 Å². The quantitative estimate of drug-likeness (QED) is 0.299. The van der Waals surface area contributed by atoms with E-state index in [0.29, 0.717) is 41.5 Å². The molecule has 0 bridgehead atoms. The van der Waals surface area contributed by atoms with Crippen LogP contribution in [0.3, 0.4) is 0 Å². The Bertz CT molecular complexity index is 1480. The molecule has 1 atom stereocenters. The van der Waals surface area contributed by atoms with Crippen molar-refractivity contribution >= 4 is 50.4 Å². The number of fused-ring (bicyclic) bond motifs is 1. The van der Waals surface area contributed by atoms with Crippen LogP contribution in [0.5, 0.6) is 11.5 Å². The fourth-order valence-electron chi connectivity index (χ4n) is 4.34. The third-order valence-corrected chi connectivity index (χ3v) is 6.92. The first-order valence-corrected chi connectivity index (χ1v) is 12.8. The van der Waals surface area contributed by atoms with Gasteiger partial charge < -0.3 is 25.2 Å². The van der Waals surface area contributed by atoms with E-state index in [-0.39, 0.29) is 13.2 Å². The van der Waals surface area contributed by atoms with Gasteiger partial charge in [-0.1, -0.05) is 0 Å². The largest absolute Gasteiger partial charge is 0.465 e. The van der Waals surface area contributed by atoms with Gasteiger partial charge in [-0.2, -0.15) is 0 Å². The van der Waals surface area contributed by atoms with Crippen molar-refractivity contribution in [3.8, 4) is 11.5 Å². The molecule has 0 radical (unpaired) electrons. The summed E-state index contributed by atoms with van der Waals surface area (Å²) in [6.45, 7) is 4.62. The van der Waals surface area contributed by atoms with Gasteiger partial charge in [-0.05, 0) is 71.7 Å². The van der Waals surface area contributed by atoms with Crippen molar-refractivity contribution in [3.05, 3.63) is 64.7 Å². The Morgan fingerprint density at radius 3 is 2.71 bits per heavy atom. The number of aryl methyl sites for hydroxylation is 2. The summed E-state index contributed by atoms with van der Waals surface area (Å²) in [5.41, 5.74) is 3.86. The lowest BCUT2D eigenvalue weighted by Crippen LogP contribution is -2.56. The molecule has 1 aromatic carbocycles. The summed E-state index contributed by atoms with van der Waals surface area (Å²) in [5, 5.41) is 22.5. The molecule has 11 nitrogen and oxygen atoms in total. The summed E-state index contributed by atoms with van der Waals surface area (Å²) in [4.78, 5) is 32.6. The minimum absolute atomic E-state index is 0.259. The summed E-state index contributed by atoms with van der Waals surface area (Å²) < 4.78 is 6.70. The molecule has 0 spiro atoms. The van der Waals surface area contributed by atoms with Gasteiger partial charge in [-0.25, -0.2) is 19.7 Å². The highest BCUT2D eigenvalue weighted by Crippen LogP contribution is 2.33. The van der Waals surface area contributed by atoms with Gasteiger partial charge in [0.15, 0.2) is 5.82 Å². The number of nitrogens with zero attached hydrogens (tertiary/aromatic N) is 6. The van der Waals surface area contributed by atoms with Gasteiger partial charge in [-0.3, -0.25) is 9.88 Å². The van der Waals surface area contributed by atoms with Crippen LogP contribution in [-0.2, 0) is 0 Å². The molecule has 38 heavy (non-hydrogen) atoms. The minimum atomic E-state index is -1.05. The molecule has 196 valence electrons. The second kappa shape index (κ2) is 10.8. The molecule has 0 aliphatic carbocycles. The normalized spacial score (nSPS) is 15.5. The van der Waals surface area contributed by atoms with Crippen LogP contribution in [0.25, 0.3) is 11.0 Å². The maximum absolute atomic E-state index is 11.5. The van der Waals surface area contributed by atoms with Crippen molar-refractivity contribution in [2.45, 2.75) is 19.9 Å². The zero-order valence-electron chi connectivity index (χ0n) is 20.8. The first-order chi connectivity index (χ1) is 18.3. The van der Waals surface area contributed by atoms with Crippen LogP contribution in [0.15, 0.2) is 53.4 Å². The van der Waals surface area contributed by atoms with Gasteiger partial charge in [-0.15, -0.1) is 0 Å². The smallest absolute Gasteiger partial charge is 0.407 e. The molecule has 0 unspecified atom stereocenters. The van der Waals surface area contributed by atoms with Crippen LogP contribution in [0, 0.1) is 13.8 Å². The summed E-state index contributed by atoms with van der Waals surface area (Å²) >= 11 is 3.58. The van der Waals surface area contributed by atoms with E-state index in [4.69, 9.17) is 9.72 Å². The Morgan fingerprint density at radius 1 is 1.16 bits per heavy atom.